The summed E-state index contributed by atoms with van der Waals surface area (Å²) in [5, 5.41) is 22.1. The number of carbonyl (C=O) groups is 2. The van der Waals surface area contributed by atoms with Gasteiger partial charge in [-0.15, -0.1) is 0 Å². The van der Waals surface area contributed by atoms with Gasteiger partial charge in [0.05, 0.1) is 41.9 Å². The number of aryl methyl sites for hydroxylation is 1. The van der Waals surface area contributed by atoms with Crippen LogP contribution in [0, 0.1) is 5.41 Å². The summed E-state index contributed by atoms with van der Waals surface area (Å²) in [4.78, 5) is 43.0. The molecule has 3 aromatic heterocycles. The summed E-state index contributed by atoms with van der Waals surface area (Å²) >= 11 is 0. The second-order valence-electron chi connectivity index (χ2n) is 9.01. The van der Waals surface area contributed by atoms with Gasteiger partial charge in [0.2, 0.25) is 0 Å². The molecular formula is C22H27N9O3. The molecule has 12 nitrogen and oxygen atoms in total. The molecule has 2 amide bonds. The molecule has 0 bridgehead atoms. The first-order valence-corrected chi connectivity index (χ1v) is 10.9. The number of hydrogen-bond acceptors (Lipinski definition) is 9. The van der Waals surface area contributed by atoms with Crippen LogP contribution < -0.4 is 16.0 Å². The molecule has 1 saturated carbocycles. The Hall–Kier alpha value is -3.93. The number of anilines is 3. The van der Waals surface area contributed by atoms with Crippen LogP contribution in [0.5, 0.6) is 0 Å². The summed E-state index contributed by atoms with van der Waals surface area (Å²) < 4.78 is 1.38. The Labute approximate surface area is 196 Å². The third-order valence-corrected chi connectivity index (χ3v) is 5.38. The molecule has 1 aliphatic carbocycles. The number of nitrogens with zero attached hydrogens (tertiary/aromatic N) is 6. The van der Waals surface area contributed by atoms with Crippen molar-refractivity contribution in [3.8, 4) is 0 Å². The number of hydrogen-bond donors (Lipinski definition) is 4. The molecule has 0 saturated heterocycles. The number of nitrogens with one attached hydrogen (secondary N) is 3. The summed E-state index contributed by atoms with van der Waals surface area (Å²) in [5.74, 6) is -0.416. The van der Waals surface area contributed by atoms with Gasteiger partial charge in [0.15, 0.2) is 11.5 Å². The fourth-order valence-corrected chi connectivity index (χ4v) is 3.17. The maximum atomic E-state index is 13.3. The lowest BCUT2D eigenvalue weighted by Gasteiger charge is -2.22. The van der Waals surface area contributed by atoms with E-state index in [9.17, 15) is 14.7 Å². The van der Waals surface area contributed by atoms with Crippen molar-refractivity contribution in [3.05, 3.63) is 48.2 Å². The lowest BCUT2D eigenvalue weighted by Crippen LogP contribution is -2.37. The second-order valence-corrected chi connectivity index (χ2v) is 9.01. The molecule has 0 unspecified atom stereocenters. The number of rotatable bonds is 9. The zero-order chi connectivity index (χ0) is 24.3. The molecule has 0 aromatic carbocycles. The van der Waals surface area contributed by atoms with Crippen LogP contribution >= 0.6 is 0 Å². The van der Waals surface area contributed by atoms with Crippen LogP contribution in [-0.4, -0.2) is 59.8 Å². The largest absolute Gasteiger partial charge is 0.396 e. The van der Waals surface area contributed by atoms with E-state index in [1.165, 1.54) is 17.2 Å². The zero-order valence-electron chi connectivity index (χ0n) is 19.2. The van der Waals surface area contributed by atoms with Crippen molar-refractivity contribution in [2.45, 2.75) is 32.6 Å². The Morgan fingerprint density at radius 3 is 2.56 bits per heavy atom. The van der Waals surface area contributed by atoms with E-state index in [-0.39, 0.29) is 36.0 Å². The van der Waals surface area contributed by atoms with E-state index in [0.29, 0.717) is 11.6 Å². The predicted molar refractivity (Wildman–Crippen MR) is 124 cm³/mol. The first-order valence-electron chi connectivity index (χ1n) is 10.9. The zero-order valence-corrected chi connectivity index (χ0v) is 19.2. The molecule has 3 aromatic rings. The number of carbonyl (C=O) groups excluding carboxylic acids is 2. The van der Waals surface area contributed by atoms with Gasteiger partial charge in [-0.1, -0.05) is 13.8 Å². The molecule has 4 N–H and O–H groups in total. The molecule has 0 radical (unpaired) electrons. The molecule has 3 heterocycles. The molecule has 0 aliphatic heterocycles. The van der Waals surface area contributed by atoms with E-state index in [4.69, 9.17) is 0 Å². The predicted octanol–water partition coefficient (Wildman–Crippen LogP) is 1.62. The molecule has 4 rings (SSSR count). The van der Waals surface area contributed by atoms with E-state index < -0.39 is 17.2 Å². The number of aliphatic hydroxyl groups excluding tert-OH is 1. The lowest BCUT2D eigenvalue weighted by atomic mass is 9.95. The highest BCUT2D eigenvalue weighted by Crippen LogP contribution is 2.39. The van der Waals surface area contributed by atoms with Crippen molar-refractivity contribution in [2.75, 3.05) is 23.8 Å². The fraction of sp³-hybridized carbons (Fsp3) is 0.409. The highest BCUT2D eigenvalue weighted by atomic mass is 16.3. The first-order chi connectivity index (χ1) is 16.3. The number of amides is 2. The standard InChI is InChI=1S/C22H27N9O3/c1-22(2,11-32)10-26-21(34)18-16(9-27-31(18)3)30-20(33)17-19(28-14-6-23-12-24-7-14)25-8-15(29-17)13-4-5-13/h6-9,12-13,32H,4-5,10-11H2,1-3H3,(H,25,28)(H,26,34)(H,30,33). The van der Waals surface area contributed by atoms with Gasteiger partial charge in [-0.2, -0.15) is 5.10 Å². The first kappa shape index (κ1) is 23.2. The monoisotopic (exact) mass is 465 g/mol. The van der Waals surface area contributed by atoms with Gasteiger partial charge in [0.1, 0.15) is 12.0 Å². The van der Waals surface area contributed by atoms with Gasteiger partial charge in [-0.3, -0.25) is 14.3 Å². The summed E-state index contributed by atoms with van der Waals surface area (Å²) in [7, 11) is 1.61. The van der Waals surface area contributed by atoms with Gasteiger partial charge >= 0.3 is 0 Å². The van der Waals surface area contributed by atoms with Crippen molar-refractivity contribution in [1.82, 2.24) is 35.0 Å². The van der Waals surface area contributed by atoms with Crippen molar-refractivity contribution in [2.24, 2.45) is 12.5 Å². The smallest absolute Gasteiger partial charge is 0.278 e. The van der Waals surface area contributed by atoms with Gasteiger partial charge in [0.25, 0.3) is 11.8 Å². The maximum absolute atomic E-state index is 13.3. The summed E-state index contributed by atoms with van der Waals surface area (Å²) in [5.41, 5.74) is 1.31. The van der Waals surface area contributed by atoms with Crippen molar-refractivity contribution in [3.63, 3.8) is 0 Å². The molecular weight excluding hydrogens is 438 g/mol. The Balaban J connectivity index is 1.58. The van der Waals surface area contributed by atoms with Crippen molar-refractivity contribution >= 4 is 29.0 Å². The van der Waals surface area contributed by atoms with Crippen LogP contribution in [0.1, 0.15) is 59.3 Å². The Morgan fingerprint density at radius 2 is 1.88 bits per heavy atom. The third kappa shape index (κ3) is 5.34. The average molecular weight is 466 g/mol. The van der Waals surface area contributed by atoms with E-state index >= 15 is 0 Å². The fourth-order valence-electron chi connectivity index (χ4n) is 3.17. The maximum Gasteiger partial charge on any atom is 0.278 e. The highest BCUT2D eigenvalue weighted by molar-refractivity contribution is 6.09. The highest BCUT2D eigenvalue weighted by Gasteiger charge is 2.29. The number of aromatic nitrogens is 6. The Bertz CT molecular complexity index is 1190. The average Bonchev–Trinajstić information content (AvgIpc) is 3.62. The van der Waals surface area contributed by atoms with Crippen molar-refractivity contribution < 1.29 is 14.7 Å². The SMILES string of the molecule is Cn1ncc(NC(=O)c2nc(C3CC3)cnc2Nc2cncnc2)c1C(=O)NCC(C)(C)CO. The Morgan fingerprint density at radius 1 is 1.15 bits per heavy atom. The summed E-state index contributed by atoms with van der Waals surface area (Å²) in [6.45, 7) is 3.83. The quantitative estimate of drug-likeness (QED) is 0.368. The molecule has 0 atom stereocenters. The van der Waals surface area contributed by atoms with Gasteiger partial charge < -0.3 is 21.1 Å². The Kier molecular flexibility index (Phi) is 6.50. The van der Waals surface area contributed by atoms with Crippen LogP contribution in [0.4, 0.5) is 17.2 Å². The third-order valence-electron chi connectivity index (χ3n) is 5.38. The molecule has 178 valence electrons. The van der Waals surface area contributed by atoms with E-state index in [1.807, 2.05) is 13.8 Å². The van der Waals surface area contributed by atoms with Crippen LogP contribution in [0.3, 0.4) is 0 Å². The van der Waals surface area contributed by atoms with Crippen LogP contribution in [0.25, 0.3) is 0 Å². The molecule has 0 spiro atoms. The van der Waals surface area contributed by atoms with E-state index in [2.05, 4.69) is 41.0 Å². The van der Waals surface area contributed by atoms with Crippen LogP contribution in [0.2, 0.25) is 0 Å². The van der Waals surface area contributed by atoms with E-state index in [1.54, 1.807) is 25.6 Å². The van der Waals surface area contributed by atoms with Crippen LogP contribution in [0.15, 0.2) is 31.1 Å². The normalized spacial score (nSPS) is 13.4. The van der Waals surface area contributed by atoms with Crippen LogP contribution in [-0.2, 0) is 7.05 Å². The van der Waals surface area contributed by atoms with Gasteiger partial charge in [-0.25, -0.2) is 19.9 Å². The molecule has 34 heavy (non-hydrogen) atoms. The van der Waals surface area contributed by atoms with Gasteiger partial charge in [-0.05, 0) is 12.8 Å². The minimum atomic E-state index is -0.535. The minimum absolute atomic E-state index is 0.0828. The minimum Gasteiger partial charge on any atom is -0.396 e. The summed E-state index contributed by atoms with van der Waals surface area (Å²) in [6, 6.07) is 0. The molecule has 12 heteroatoms. The van der Waals surface area contributed by atoms with Crippen molar-refractivity contribution in [1.29, 1.82) is 0 Å². The summed E-state index contributed by atoms with van der Waals surface area (Å²) in [6.07, 6.45) is 9.59. The second kappa shape index (κ2) is 9.51. The number of aliphatic hydroxyl groups is 1. The van der Waals surface area contributed by atoms with E-state index in [0.717, 1.165) is 18.5 Å². The topological polar surface area (TPSA) is 160 Å². The molecule has 1 aliphatic rings. The lowest BCUT2D eigenvalue weighted by molar-refractivity contribution is 0.0902. The van der Waals surface area contributed by atoms with Gasteiger partial charge in [0, 0.05) is 31.5 Å². The molecule has 1 fully saturated rings.